The highest BCUT2D eigenvalue weighted by molar-refractivity contribution is 9.10. The summed E-state index contributed by atoms with van der Waals surface area (Å²) in [5.41, 5.74) is 0. The van der Waals surface area contributed by atoms with E-state index < -0.39 is 6.10 Å². The molecule has 2 aromatic carbocycles. The largest absolute Gasteiger partial charge is 0.394 e. The molecule has 0 amide bonds. The van der Waals surface area contributed by atoms with Gasteiger partial charge < -0.3 is 15.3 Å². The maximum Gasteiger partial charge on any atom is 0.100 e. The fourth-order valence-electron chi connectivity index (χ4n) is 1.24. The lowest BCUT2D eigenvalue weighted by molar-refractivity contribution is 0.0450. The molecule has 0 heterocycles. The molecule has 0 saturated carbocycles. The summed E-state index contributed by atoms with van der Waals surface area (Å²) < 4.78 is 1.16. The van der Waals surface area contributed by atoms with Gasteiger partial charge in [-0.1, -0.05) is 52.3 Å². The lowest BCUT2D eigenvalue weighted by Gasteiger charge is -1.97. The average Bonchev–Trinajstić information content (AvgIpc) is 2.39. The lowest BCUT2D eigenvalue weighted by atomic mass is 10.1. The Morgan fingerprint density at radius 2 is 1.53 bits per heavy atom. The topological polar surface area (TPSA) is 60.7 Å². The van der Waals surface area contributed by atoms with E-state index in [0.29, 0.717) is 0 Å². The SMILES string of the molecule is Brc1cccc2ccccc12.OCC(O)CO. The number of benzene rings is 2. The van der Waals surface area contributed by atoms with Crippen LogP contribution in [0.25, 0.3) is 10.8 Å². The minimum atomic E-state index is -0.954. The van der Waals surface area contributed by atoms with Crippen LogP contribution in [0.3, 0.4) is 0 Å². The fourth-order valence-corrected chi connectivity index (χ4v) is 1.76. The van der Waals surface area contributed by atoms with Gasteiger partial charge in [-0.25, -0.2) is 0 Å². The molecule has 92 valence electrons. The van der Waals surface area contributed by atoms with E-state index in [9.17, 15) is 0 Å². The third-order valence-corrected chi connectivity index (χ3v) is 2.85. The second kappa shape index (κ2) is 7.40. The van der Waals surface area contributed by atoms with Crippen LogP contribution in [0, 0.1) is 0 Å². The molecule has 0 unspecified atom stereocenters. The highest BCUT2D eigenvalue weighted by Crippen LogP contribution is 2.22. The summed E-state index contributed by atoms with van der Waals surface area (Å²) in [6.45, 7) is -0.729. The van der Waals surface area contributed by atoms with E-state index in [1.54, 1.807) is 0 Å². The van der Waals surface area contributed by atoms with Crippen LogP contribution in [0.2, 0.25) is 0 Å². The zero-order valence-corrected chi connectivity index (χ0v) is 10.8. The van der Waals surface area contributed by atoms with Crippen LogP contribution in [0.15, 0.2) is 46.9 Å². The summed E-state index contributed by atoms with van der Waals surface area (Å²) in [5.74, 6) is 0. The van der Waals surface area contributed by atoms with Crippen LogP contribution in [0.1, 0.15) is 0 Å². The Kier molecular flexibility index (Phi) is 6.15. The molecule has 0 radical (unpaired) electrons. The van der Waals surface area contributed by atoms with Crippen LogP contribution in [-0.4, -0.2) is 34.6 Å². The van der Waals surface area contributed by atoms with Gasteiger partial charge in [-0.3, -0.25) is 0 Å². The molecule has 0 atom stereocenters. The van der Waals surface area contributed by atoms with Crippen molar-refractivity contribution in [1.82, 2.24) is 0 Å². The molecule has 0 aliphatic carbocycles. The van der Waals surface area contributed by atoms with Gasteiger partial charge in [0.2, 0.25) is 0 Å². The van der Waals surface area contributed by atoms with Crippen LogP contribution < -0.4 is 0 Å². The van der Waals surface area contributed by atoms with Gasteiger partial charge in [-0.15, -0.1) is 0 Å². The molecule has 0 spiro atoms. The van der Waals surface area contributed by atoms with E-state index in [0.717, 1.165) is 4.47 Å². The Hall–Kier alpha value is -0.940. The van der Waals surface area contributed by atoms with Crippen molar-refractivity contribution in [3.63, 3.8) is 0 Å². The van der Waals surface area contributed by atoms with Crippen molar-refractivity contribution in [3.8, 4) is 0 Å². The highest BCUT2D eigenvalue weighted by atomic mass is 79.9. The molecule has 0 aliphatic heterocycles. The summed E-state index contributed by atoms with van der Waals surface area (Å²) in [6, 6.07) is 14.5. The molecule has 0 saturated heterocycles. The Balaban J connectivity index is 0.000000209. The number of hydrogen-bond acceptors (Lipinski definition) is 3. The summed E-state index contributed by atoms with van der Waals surface area (Å²) in [4.78, 5) is 0. The van der Waals surface area contributed by atoms with E-state index in [-0.39, 0.29) is 13.2 Å². The predicted octanol–water partition coefficient (Wildman–Crippen LogP) is 1.93. The van der Waals surface area contributed by atoms with Crippen molar-refractivity contribution in [2.45, 2.75) is 6.10 Å². The van der Waals surface area contributed by atoms with Crippen molar-refractivity contribution in [2.24, 2.45) is 0 Å². The molecule has 3 N–H and O–H groups in total. The van der Waals surface area contributed by atoms with Gasteiger partial charge in [0.25, 0.3) is 0 Å². The normalized spacial score (nSPS) is 10.2. The molecule has 0 bridgehead atoms. The number of halogens is 1. The molecule has 0 aromatic heterocycles. The molecule has 3 nitrogen and oxygen atoms in total. The number of aliphatic hydroxyl groups excluding tert-OH is 3. The average molecular weight is 299 g/mol. The van der Waals surface area contributed by atoms with Crippen LogP contribution in [0.4, 0.5) is 0 Å². The first-order valence-electron chi connectivity index (χ1n) is 5.22. The molecule has 4 heteroatoms. The van der Waals surface area contributed by atoms with Gasteiger partial charge in [0, 0.05) is 4.47 Å². The zero-order valence-electron chi connectivity index (χ0n) is 9.25. The van der Waals surface area contributed by atoms with Crippen LogP contribution in [0.5, 0.6) is 0 Å². The van der Waals surface area contributed by atoms with E-state index in [1.165, 1.54) is 10.8 Å². The second-order valence-corrected chi connectivity index (χ2v) is 4.33. The van der Waals surface area contributed by atoms with Crippen molar-refractivity contribution >= 4 is 26.7 Å². The monoisotopic (exact) mass is 298 g/mol. The minimum absolute atomic E-state index is 0.365. The third-order valence-electron chi connectivity index (χ3n) is 2.16. The smallest absolute Gasteiger partial charge is 0.100 e. The summed E-state index contributed by atoms with van der Waals surface area (Å²) >= 11 is 3.50. The van der Waals surface area contributed by atoms with E-state index in [1.807, 2.05) is 12.1 Å². The quantitative estimate of drug-likeness (QED) is 0.794. The third kappa shape index (κ3) is 4.44. The van der Waals surface area contributed by atoms with E-state index >= 15 is 0 Å². The van der Waals surface area contributed by atoms with Crippen LogP contribution in [-0.2, 0) is 0 Å². The van der Waals surface area contributed by atoms with Crippen molar-refractivity contribution in [3.05, 3.63) is 46.9 Å². The van der Waals surface area contributed by atoms with Crippen molar-refractivity contribution in [1.29, 1.82) is 0 Å². The second-order valence-electron chi connectivity index (χ2n) is 3.48. The zero-order chi connectivity index (χ0) is 12.7. The van der Waals surface area contributed by atoms with E-state index in [2.05, 4.69) is 46.3 Å². The van der Waals surface area contributed by atoms with Gasteiger partial charge in [-0.05, 0) is 16.8 Å². The van der Waals surface area contributed by atoms with Gasteiger partial charge in [-0.2, -0.15) is 0 Å². The standard InChI is InChI=1S/C10H7Br.C3H8O3/c11-10-7-3-5-8-4-1-2-6-9(8)10;4-1-3(6)2-5/h1-7H;3-6H,1-2H2. The molecule has 2 aromatic rings. The minimum Gasteiger partial charge on any atom is -0.394 e. The number of hydrogen-bond donors (Lipinski definition) is 3. The molecule has 0 aliphatic rings. The maximum atomic E-state index is 8.17. The molecule has 17 heavy (non-hydrogen) atoms. The van der Waals surface area contributed by atoms with Gasteiger partial charge in [0.1, 0.15) is 6.10 Å². The molecule has 0 fully saturated rings. The Bertz CT molecular complexity index is 450. The van der Waals surface area contributed by atoms with Gasteiger partial charge in [0.15, 0.2) is 0 Å². The number of fused-ring (bicyclic) bond motifs is 1. The first-order chi connectivity index (χ1) is 8.19. The molecular weight excluding hydrogens is 284 g/mol. The van der Waals surface area contributed by atoms with Gasteiger partial charge >= 0.3 is 0 Å². The Morgan fingerprint density at radius 1 is 0.941 bits per heavy atom. The van der Waals surface area contributed by atoms with Gasteiger partial charge in [0.05, 0.1) is 13.2 Å². The highest BCUT2D eigenvalue weighted by Gasteiger charge is 1.94. The maximum absolute atomic E-state index is 8.17. The van der Waals surface area contributed by atoms with Crippen molar-refractivity contribution in [2.75, 3.05) is 13.2 Å². The van der Waals surface area contributed by atoms with Crippen LogP contribution >= 0.6 is 15.9 Å². The Morgan fingerprint density at radius 3 is 2.06 bits per heavy atom. The number of aliphatic hydroxyl groups is 3. The first-order valence-corrected chi connectivity index (χ1v) is 6.01. The first kappa shape index (κ1) is 14.1. The lowest BCUT2D eigenvalue weighted by Crippen LogP contribution is -2.15. The molecular formula is C13H15BrO3. The summed E-state index contributed by atoms with van der Waals surface area (Å²) in [6.07, 6.45) is -0.954. The fraction of sp³-hybridized carbons (Fsp3) is 0.231. The van der Waals surface area contributed by atoms with E-state index in [4.69, 9.17) is 15.3 Å². The molecule has 2 rings (SSSR count). The predicted molar refractivity (Wildman–Crippen MR) is 71.8 cm³/mol. The summed E-state index contributed by atoms with van der Waals surface area (Å²) in [7, 11) is 0. The summed E-state index contributed by atoms with van der Waals surface area (Å²) in [5, 5.41) is 26.6. The number of rotatable bonds is 2. The Labute approximate surface area is 108 Å². The van der Waals surface area contributed by atoms with Crippen molar-refractivity contribution < 1.29 is 15.3 Å².